The summed E-state index contributed by atoms with van der Waals surface area (Å²) in [6.45, 7) is 5.85. The van der Waals surface area contributed by atoms with E-state index in [1.165, 1.54) is 4.90 Å². The minimum Gasteiger partial charge on any atom is -0.347 e. The largest absolute Gasteiger partial charge is 0.347 e. The van der Waals surface area contributed by atoms with E-state index >= 15 is 0 Å². The van der Waals surface area contributed by atoms with Crippen molar-refractivity contribution in [2.75, 3.05) is 20.1 Å². The Morgan fingerprint density at radius 2 is 1.85 bits per heavy atom. The van der Waals surface area contributed by atoms with E-state index in [0.29, 0.717) is 18.7 Å². The Kier molecular flexibility index (Phi) is 10.1. The predicted molar refractivity (Wildman–Crippen MR) is 203 cm³/mol. The molecule has 2 aromatic carbocycles. The summed E-state index contributed by atoms with van der Waals surface area (Å²) >= 11 is 0. The molecule has 5 aromatic rings. The van der Waals surface area contributed by atoms with Crippen LogP contribution in [0.4, 0.5) is 0 Å². The fourth-order valence-corrected chi connectivity index (χ4v) is 7.02. The molecule has 13 heteroatoms. The van der Waals surface area contributed by atoms with Gasteiger partial charge in [0.25, 0.3) is 11.8 Å². The molecule has 0 spiro atoms. The summed E-state index contributed by atoms with van der Waals surface area (Å²) in [5.74, 6) is -0.414. The molecule has 0 bridgehead atoms. The van der Waals surface area contributed by atoms with Gasteiger partial charge in [-0.1, -0.05) is 49.4 Å². The number of rotatable bonds is 9. The maximum Gasteiger partial charge on any atom is 0.270 e. The van der Waals surface area contributed by atoms with E-state index in [0.717, 1.165) is 63.3 Å². The monoisotopic (exact) mass is 724 g/mol. The Morgan fingerprint density at radius 1 is 1.02 bits per heavy atom. The number of fused-ring (bicyclic) bond motifs is 2. The van der Waals surface area contributed by atoms with Crippen LogP contribution in [0.25, 0.3) is 39.4 Å². The van der Waals surface area contributed by atoms with Gasteiger partial charge in [-0.05, 0) is 47.7 Å². The average Bonchev–Trinajstić information content (AvgIpc) is 3.56. The zero-order valence-corrected chi connectivity index (χ0v) is 30.3. The average molecular weight is 725 g/mol. The number of likely N-dealkylation sites (N-methyl/N-ethyl adjacent to an activating group) is 1. The van der Waals surface area contributed by atoms with E-state index in [9.17, 15) is 24.0 Å². The summed E-state index contributed by atoms with van der Waals surface area (Å²) < 4.78 is 2.24. The van der Waals surface area contributed by atoms with Crippen LogP contribution in [0.2, 0.25) is 0 Å². The Balaban J connectivity index is 0.992. The van der Waals surface area contributed by atoms with Crippen LogP contribution in [0.1, 0.15) is 64.6 Å². The topological polar surface area (TPSA) is 159 Å². The smallest absolute Gasteiger partial charge is 0.270 e. The third kappa shape index (κ3) is 7.25. The summed E-state index contributed by atoms with van der Waals surface area (Å²) in [4.78, 5) is 79.3. The zero-order valence-electron chi connectivity index (χ0n) is 30.3. The van der Waals surface area contributed by atoms with Gasteiger partial charge in [-0.15, -0.1) is 0 Å². The number of hydrogen-bond donors (Lipinski definition) is 2. The summed E-state index contributed by atoms with van der Waals surface area (Å²) in [6, 6.07) is 17.8. The molecule has 2 N–H and O–H groups in total. The summed E-state index contributed by atoms with van der Waals surface area (Å²) in [6.07, 6.45) is 8.31. The van der Waals surface area contributed by atoms with Gasteiger partial charge in [0.2, 0.25) is 17.7 Å². The fraction of sp³-hybridized carbons (Fsp3) is 0.268. The van der Waals surface area contributed by atoms with Gasteiger partial charge in [-0.25, -0.2) is 4.98 Å². The van der Waals surface area contributed by atoms with Gasteiger partial charge in [0, 0.05) is 80.9 Å². The van der Waals surface area contributed by atoms with Crippen molar-refractivity contribution in [2.24, 2.45) is 0 Å². The Labute approximate surface area is 312 Å². The molecule has 1 unspecified atom stereocenters. The molecule has 274 valence electrons. The van der Waals surface area contributed by atoms with Crippen molar-refractivity contribution in [1.29, 1.82) is 0 Å². The van der Waals surface area contributed by atoms with E-state index < -0.39 is 11.9 Å². The second-order valence-corrected chi connectivity index (χ2v) is 13.4. The van der Waals surface area contributed by atoms with Gasteiger partial charge in [-0.2, -0.15) is 0 Å². The standard InChI is InChI=1S/C41H40N8O5/c1-4-36-45-38(35-24-48(25(2)50)18-19-49(35)36)30-12-6-10-27-21-33(44-23-31(27)30)29-13-14-32(43-22-29)39(52)42-17-7-9-26-8-5-11-28(20-26)41(54)47(3)34-15-16-37(51)46-40(34)53/h5-14,20-23,34H,4,15-19,24H2,1-3H3,(H,42,52)(H,46,51,53)/b9-7+. The molecule has 3 aromatic heterocycles. The molecule has 54 heavy (non-hydrogen) atoms. The van der Waals surface area contributed by atoms with Crippen molar-refractivity contribution in [3.8, 4) is 22.5 Å². The van der Waals surface area contributed by atoms with Crippen LogP contribution in [0.5, 0.6) is 0 Å². The minimum absolute atomic E-state index is 0.0531. The number of nitrogens with zero attached hydrogens (tertiary/aromatic N) is 6. The molecule has 1 atom stereocenters. The molecule has 0 radical (unpaired) electrons. The first-order valence-corrected chi connectivity index (χ1v) is 18.0. The normalized spacial score (nSPS) is 15.6. The third-order valence-electron chi connectivity index (χ3n) is 9.98. The van der Waals surface area contributed by atoms with Gasteiger partial charge < -0.3 is 19.7 Å². The lowest BCUT2D eigenvalue weighted by molar-refractivity contribution is -0.136. The number of pyridine rings is 2. The Hall–Kier alpha value is -6.50. The van der Waals surface area contributed by atoms with Crippen LogP contribution in [-0.2, 0) is 33.9 Å². The van der Waals surface area contributed by atoms with E-state index in [1.807, 2.05) is 47.5 Å². The fourth-order valence-electron chi connectivity index (χ4n) is 7.02. The van der Waals surface area contributed by atoms with Crippen molar-refractivity contribution in [2.45, 2.75) is 52.2 Å². The molecule has 0 saturated carbocycles. The molecule has 1 fully saturated rings. The molecule has 13 nitrogen and oxygen atoms in total. The molecule has 2 aliphatic heterocycles. The Morgan fingerprint density at radius 3 is 2.61 bits per heavy atom. The maximum absolute atomic E-state index is 13.1. The summed E-state index contributed by atoms with van der Waals surface area (Å²) in [5, 5.41) is 7.07. The first kappa shape index (κ1) is 35.9. The van der Waals surface area contributed by atoms with Crippen molar-refractivity contribution < 1.29 is 24.0 Å². The number of amides is 5. The number of carbonyl (C=O) groups is 5. The number of aryl methyl sites for hydroxylation is 1. The highest BCUT2D eigenvalue weighted by molar-refractivity contribution is 6.04. The second-order valence-electron chi connectivity index (χ2n) is 13.4. The van der Waals surface area contributed by atoms with Gasteiger partial charge in [0.15, 0.2) is 0 Å². The lowest BCUT2D eigenvalue weighted by Crippen LogP contribution is -2.52. The summed E-state index contributed by atoms with van der Waals surface area (Å²) in [7, 11) is 1.55. The third-order valence-corrected chi connectivity index (χ3v) is 9.98. The molecule has 5 heterocycles. The SMILES string of the molecule is CCc1nc(-c2cccc3cc(-c4ccc(C(=O)NC/C=C/c5cccc(C(=O)N(C)C6CCC(=O)NC6=O)c5)nc4)ncc23)c2n1CCN(C(C)=O)C2. The molecule has 1 saturated heterocycles. The van der Waals surface area contributed by atoms with Crippen LogP contribution in [0.15, 0.2) is 79.1 Å². The van der Waals surface area contributed by atoms with Crippen molar-refractivity contribution >= 4 is 46.4 Å². The highest BCUT2D eigenvalue weighted by Crippen LogP contribution is 2.34. The maximum atomic E-state index is 13.1. The molecule has 5 amide bonds. The lowest BCUT2D eigenvalue weighted by atomic mass is 10.0. The van der Waals surface area contributed by atoms with E-state index in [-0.39, 0.29) is 48.7 Å². The molecular weight excluding hydrogens is 685 g/mol. The molecule has 0 aliphatic carbocycles. The lowest BCUT2D eigenvalue weighted by Gasteiger charge is -2.29. The van der Waals surface area contributed by atoms with Crippen LogP contribution >= 0.6 is 0 Å². The van der Waals surface area contributed by atoms with Crippen LogP contribution in [0, 0.1) is 0 Å². The highest BCUT2D eigenvalue weighted by atomic mass is 16.2. The molecular formula is C41H40N8O5. The predicted octanol–water partition coefficient (Wildman–Crippen LogP) is 4.41. The van der Waals surface area contributed by atoms with E-state index in [4.69, 9.17) is 9.97 Å². The van der Waals surface area contributed by atoms with Crippen molar-refractivity contribution in [3.05, 3.63) is 107 Å². The number of benzene rings is 2. The van der Waals surface area contributed by atoms with Crippen LogP contribution in [0.3, 0.4) is 0 Å². The summed E-state index contributed by atoms with van der Waals surface area (Å²) in [5.41, 5.74) is 5.78. The number of hydrogen-bond acceptors (Lipinski definition) is 8. The Bertz CT molecular complexity index is 2330. The van der Waals surface area contributed by atoms with Crippen molar-refractivity contribution in [3.63, 3.8) is 0 Å². The van der Waals surface area contributed by atoms with Gasteiger partial charge in [0.05, 0.1) is 23.6 Å². The van der Waals surface area contributed by atoms with E-state index in [2.05, 4.69) is 27.1 Å². The number of imide groups is 1. The molecule has 2 aliphatic rings. The van der Waals surface area contributed by atoms with Crippen molar-refractivity contribution in [1.82, 2.24) is 40.0 Å². The number of carbonyl (C=O) groups excluding carboxylic acids is 5. The molecule has 7 rings (SSSR count). The minimum atomic E-state index is -0.708. The van der Waals surface area contributed by atoms with Gasteiger partial charge in [-0.3, -0.25) is 39.3 Å². The highest BCUT2D eigenvalue weighted by Gasteiger charge is 2.32. The number of aromatic nitrogens is 4. The number of nitrogens with one attached hydrogen (secondary N) is 2. The van der Waals surface area contributed by atoms with Crippen LogP contribution in [-0.4, -0.2) is 85.0 Å². The second kappa shape index (κ2) is 15.2. The van der Waals surface area contributed by atoms with Gasteiger partial charge in [0.1, 0.15) is 17.6 Å². The first-order chi connectivity index (χ1) is 26.1. The number of imidazole rings is 1. The first-order valence-electron chi connectivity index (χ1n) is 18.0. The number of piperidine rings is 1. The quantitative estimate of drug-likeness (QED) is 0.212. The van der Waals surface area contributed by atoms with Crippen LogP contribution < -0.4 is 10.6 Å². The zero-order chi connectivity index (χ0) is 37.9. The van der Waals surface area contributed by atoms with Gasteiger partial charge >= 0.3 is 0 Å². The van der Waals surface area contributed by atoms with E-state index in [1.54, 1.807) is 56.6 Å².